The van der Waals surface area contributed by atoms with Gasteiger partial charge >= 0.3 is 0 Å². The summed E-state index contributed by atoms with van der Waals surface area (Å²) in [4.78, 5) is 26.5. The van der Waals surface area contributed by atoms with E-state index in [0.717, 1.165) is 52.2 Å². The second kappa shape index (κ2) is 11.4. The highest BCUT2D eigenvalue weighted by molar-refractivity contribution is 6.07. The number of hydrogen-bond donors (Lipinski definition) is 1. The summed E-state index contributed by atoms with van der Waals surface area (Å²) in [7, 11) is 0. The van der Waals surface area contributed by atoms with Crippen molar-refractivity contribution >= 4 is 45.5 Å². The first kappa shape index (κ1) is 25.3. The Labute approximate surface area is 234 Å². The fourth-order valence-corrected chi connectivity index (χ4v) is 5.27. The Hall–Kier alpha value is -4.97. The molecule has 1 saturated heterocycles. The largest absolute Gasteiger partial charge is 0.372 e. The van der Waals surface area contributed by atoms with Crippen molar-refractivity contribution in [2.45, 2.75) is 19.3 Å². The van der Waals surface area contributed by atoms with Crippen LogP contribution in [0.5, 0.6) is 0 Å². The molecule has 0 atom stereocenters. The minimum atomic E-state index is -0.193. The molecule has 0 radical (unpaired) electrons. The quantitative estimate of drug-likeness (QED) is 0.219. The van der Waals surface area contributed by atoms with Gasteiger partial charge in [-0.15, -0.1) is 0 Å². The number of rotatable bonds is 7. The second-order valence-electron chi connectivity index (χ2n) is 9.92. The molecule has 1 aromatic heterocycles. The first-order valence-corrected chi connectivity index (χ1v) is 13.7. The van der Waals surface area contributed by atoms with E-state index < -0.39 is 0 Å². The van der Waals surface area contributed by atoms with Crippen molar-refractivity contribution in [3.05, 3.63) is 116 Å². The second-order valence-corrected chi connectivity index (χ2v) is 9.92. The highest BCUT2D eigenvalue weighted by atomic mass is 16.2. The molecular formula is C34H31N5O. The Morgan fingerprint density at radius 1 is 0.850 bits per heavy atom. The lowest BCUT2D eigenvalue weighted by Crippen LogP contribution is -2.29. The summed E-state index contributed by atoms with van der Waals surface area (Å²) in [5.74, 6) is 0.343. The number of para-hydroxylation sites is 2. The molecule has 1 fully saturated rings. The molecule has 0 unspecified atom stereocenters. The highest BCUT2D eigenvalue weighted by Gasteiger charge is 2.17. The lowest BCUT2D eigenvalue weighted by atomic mass is 10.0. The number of hydrogen-bond acceptors (Lipinski definition) is 5. The molecular weight excluding hydrogens is 494 g/mol. The van der Waals surface area contributed by atoms with E-state index in [4.69, 9.17) is 4.98 Å². The van der Waals surface area contributed by atoms with Crippen LogP contribution in [0, 0.1) is 0 Å². The summed E-state index contributed by atoms with van der Waals surface area (Å²) in [5, 5.41) is 4.31. The van der Waals surface area contributed by atoms with Gasteiger partial charge in [-0.05, 0) is 79.4 Å². The Bertz CT molecular complexity index is 1640. The van der Waals surface area contributed by atoms with E-state index in [2.05, 4.69) is 46.0 Å². The van der Waals surface area contributed by atoms with Crippen LogP contribution in [0.3, 0.4) is 0 Å². The zero-order valence-corrected chi connectivity index (χ0v) is 22.3. The fraction of sp³-hybridized carbons (Fsp3) is 0.147. The summed E-state index contributed by atoms with van der Waals surface area (Å²) < 4.78 is 0. The molecule has 4 aromatic carbocycles. The van der Waals surface area contributed by atoms with E-state index >= 15 is 0 Å². The number of benzene rings is 4. The molecule has 6 rings (SSSR count). The van der Waals surface area contributed by atoms with Crippen LogP contribution in [0.15, 0.2) is 116 Å². The number of nitrogens with zero attached hydrogens (tertiary/aromatic N) is 4. The van der Waals surface area contributed by atoms with Crippen LogP contribution in [0.25, 0.3) is 22.0 Å². The molecule has 0 bridgehead atoms. The van der Waals surface area contributed by atoms with Crippen LogP contribution in [0.1, 0.15) is 19.3 Å². The van der Waals surface area contributed by atoms with Crippen LogP contribution in [0.4, 0.5) is 28.7 Å². The highest BCUT2D eigenvalue weighted by Crippen LogP contribution is 2.33. The molecule has 40 heavy (non-hydrogen) atoms. The molecule has 6 nitrogen and oxygen atoms in total. The van der Waals surface area contributed by atoms with E-state index in [1.807, 2.05) is 79.0 Å². The van der Waals surface area contributed by atoms with Gasteiger partial charge in [0.05, 0.1) is 5.52 Å². The van der Waals surface area contributed by atoms with Gasteiger partial charge in [0.1, 0.15) is 0 Å². The van der Waals surface area contributed by atoms with E-state index in [9.17, 15) is 4.79 Å². The molecule has 0 spiro atoms. The van der Waals surface area contributed by atoms with Crippen LogP contribution in [0.2, 0.25) is 0 Å². The molecule has 198 valence electrons. The van der Waals surface area contributed by atoms with E-state index in [0.29, 0.717) is 5.95 Å². The van der Waals surface area contributed by atoms with E-state index in [1.54, 1.807) is 4.90 Å². The first-order chi connectivity index (χ1) is 19.7. The molecule has 1 N–H and O–H groups in total. The van der Waals surface area contributed by atoms with Gasteiger partial charge in [-0.1, -0.05) is 55.1 Å². The summed E-state index contributed by atoms with van der Waals surface area (Å²) in [6, 6.07) is 32.1. The SMILES string of the molecule is C=CC(=O)N(c1ccccc1)c1cccc(-c2cccc3cnc(Nc4ccc(N5CCCCC5)cc4)nc23)c1. The maximum absolute atomic E-state index is 12.9. The molecule has 1 amide bonds. The van der Waals surface area contributed by atoms with Crippen molar-refractivity contribution in [1.29, 1.82) is 0 Å². The van der Waals surface area contributed by atoms with Crippen molar-refractivity contribution in [2.24, 2.45) is 0 Å². The van der Waals surface area contributed by atoms with Gasteiger partial charge < -0.3 is 10.2 Å². The minimum absolute atomic E-state index is 0.193. The van der Waals surface area contributed by atoms with Gasteiger partial charge in [-0.3, -0.25) is 9.69 Å². The number of carbonyl (C=O) groups is 1. The third-order valence-electron chi connectivity index (χ3n) is 7.28. The van der Waals surface area contributed by atoms with Gasteiger partial charge in [0.25, 0.3) is 5.91 Å². The molecule has 0 saturated carbocycles. The van der Waals surface area contributed by atoms with Crippen LogP contribution >= 0.6 is 0 Å². The van der Waals surface area contributed by atoms with Crippen molar-refractivity contribution in [1.82, 2.24) is 9.97 Å². The standard InChI is InChI=1S/C34H31N5O/c1-2-32(40)39(29-13-5-3-6-14-29)30-15-9-11-25(23-30)31-16-10-12-26-24-35-34(37-33(26)31)36-27-17-19-28(20-18-27)38-21-7-4-8-22-38/h2-3,5-6,9-20,23-24H,1,4,7-8,21-22H2,(H,35,36,37). The number of carbonyl (C=O) groups excluding carboxylic acids is 1. The number of anilines is 5. The summed E-state index contributed by atoms with van der Waals surface area (Å²) in [5.41, 5.74) is 6.49. The maximum atomic E-state index is 12.9. The zero-order valence-electron chi connectivity index (χ0n) is 22.3. The molecule has 0 aliphatic carbocycles. The lowest BCUT2D eigenvalue weighted by Gasteiger charge is -2.28. The Morgan fingerprint density at radius 2 is 1.60 bits per heavy atom. The van der Waals surface area contributed by atoms with Gasteiger partial charge in [0.15, 0.2) is 0 Å². The van der Waals surface area contributed by atoms with E-state index in [-0.39, 0.29) is 5.91 Å². The van der Waals surface area contributed by atoms with Crippen LogP contribution < -0.4 is 15.1 Å². The lowest BCUT2D eigenvalue weighted by molar-refractivity contribution is -0.113. The first-order valence-electron chi connectivity index (χ1n) is 13.7. The molecule has 2 heterocycles. The van der Waals surface area contributed by atoms with Gasteiger partial charge in [-0.25, -0.2) is 9.97 Å². The van der Waals surface area contributed by atoms with Crippen molar-refractivity contribution in [3.8, 4) is 11.1 Å². The Morgan fingerprint density at radius 3 is 2.38 bits per heavy atom. The molecule has 6 heteroatoms. The zero-order chi connectivity index (χ0) is 27.3. The molecule has 5 aromatic rings. The van der Waals surface area contributed by atoms with Crippen molar-refractivity contribution < 1.29 is 4.79 Å². The van der Waals surface area contributed by atoms with Gasteiger partial charge in [-0.2, -0.15) is 0 Å². The molecule has 1 aliphatic heterocycles. The number of amides is 1. The summed E-state index contributed by atoms with van der Waals surface area (Å²) in [6.45, 7) is 5.95. The van der Waals surface area contributed by atoms with Crippen molar-refractivity contribution in [2.75, 3.05) is 28.2 Å². The van der Waals surface area contributed by atoms with E-state index in [1.165, 1.54) is 31.0 Å². The normalized spacial score (nSPS) is 13.2. The minimum Gasteiger partial charge on any atom is -0.372 e. The smallest absolute Gasteiger partial charge is 0.254 e. The van der Waals surface area contributed by atoms with Crippen LogP contribution in [-0.2, 0) is 4.79 Å². The third-order valence-corrected chi connectivity index (χ3v) is 7.28. The maximum Gasteiger partial charge on any atom is 0.254 e. The average Bonchev–Trinajstić information content (AvgIpc) is 3.02. The molecule has 1 aliphatic rings. The Kier molecular flexibility index (Phi) is 7.22. The Balaban J connectivity index is 1.32. The average molecular weight is 526 g/mol. The predicted molar refractivity (Wildman–Crippen MR) is 165 cm³/mol. The van der Waals surface area contributed by atoms with Gasteiger partial charge in [0.2, 0.25) is 5.95 Å². The third kappa shape index (κ3) is 5.29. The monoisotopic (exact) mass is 525 g/mol. The summed E-state index contributed by atoms with van der Waals surface area (Å²) in [6.07, 6.45) is 7.01. The topological polar surface area (TPSA) is 61.4 Å². The number of nitrogens with one attached hydrogen (secondary N) is 1. The number of aromatic nitrogens is 2. The predicted octanol–water partition coefficient (Wildman–Crippen LogP) is 7.88. The number of piperidine rings is 1. The van der Waals surface area contributed by atoms with Crippen molar-refractivity contribution in [3.63, 3.8) is 0 Å². The fourth-order valence-electron chi connectivity index (χ4n) is 5.27. The number of fused-ring (bicyclic) bond motifs is 1. The van der Waals surface area contributed by atoms with Gasteiger partial charge in [0, 0.05) is 53.0 Å². The summed E-state index contributed by atoms with van der Waals surface area (Å²) >= 11 is 0. The van der Waals surface area contributed by atoms with Crippen LogP contribution in [-0.4, -0.2) is 29.0 Å².